The van der Waals surface area contributed by atoms with Crippen molar-refractivity contribution < 1.29 is 34.6 Å². The molecule has 0 aromatic carbocycles. The van der Waals surface area contributed by atoms with Crippen molar-refractivity contribution in [3.05, 3.63) is 11.5 Å². The van der Waals surface area contributed by atoms with E-state index in [2.05, 4.69) is 14.5 Å². The molecule has 14 heavy (non-hydrogen) atoms. The first-order chi connectivity index (χ1) is 6.61. The van der Waals surface area contributed by atoms with Gasteiger partial charge in [0.05, 0.1) is 13.7 Å². The van der Waals surface area contributed by atoms with E-state index in [0.717, 1.165) is 7.11 Å². The maximum absolute atomic E-state index is 10.8. The Hall–Kier alpha value is -1.31. The van der Waals surface area contributed by atoms with E-state index < -0.39 is 30.5 Å². The summed E-state index contributed by atoms with van der Waals surface area (Å²) in [6.45, 7) is -0.637. The molecule has 3 N–H and O–H groups in total. The Balaban J connectivity index is 2.84. The molecule has 0 aromatic rings. The molecule has 0 amide bonds. The van der Waals surface area contributed by atoms with Gasteiger partial charge in [0.25, 0.3) is 0 Å². The maximum Gasteiger partial charge on any atom is 0.378 e. The summed E-state index contributed by atoms with van der Waals surface area (Å²) in [7, 11) is 1.16. The number of rotatable bonds is 4. The summed E-state index contributed by atoms with van der Waals surface area (Å²) in [5.74, 6) is -2.15. The predicted octanol–water partition coefficient (Wildman–Crippen LogP) is -1.39. The van der Waals surface area contributed by atoms with Crippen LogP contribution >= 0.6 is 0 Å². The predicted molar refractivity (Wildman–Crippen MR) is 40.7 cm³/mol. The average molecular weight is 206 g/mol. The van der Waals surface area contributed by atoms with Crippen molar-refractivity contribution in [2.45, 2.75) is 12.2 Å². The standard InChI is InChI=1S/C7H10O7/c1-12-14-6-4(10)7(11)13-5(6)3(9)2-8/h3,5,8-10H,2H2,1H3. The highest BCUT2D eigenvalue weighted by atomic mass is 17.2. The third-order valence-corrected chi connectivity index (χ3v) is 1.63. The number of aliphatic hydroxyl groups excluding tert-OH is 3. The van der Waals surface area contributed by atoms with Crippen LogP contribution in [0.25, 0.3) is 0 Å². The van der Waals surface area contributed by atoms with Crippen molar-refractivity contribution in [3.63, 3.8) is 0 Å². The fourth-order valence-electron chi connectivity index (χ4n) is 0.986. The third-order valence-electron chi connectivity index (χ3n) is 1.63. The second kappa shape index (κ2) is 4.27. The molecule has 0 aromatic heterocycles. The Labute approximate surface area is 79.0 Å². The fourth-order valence-corrected chi connectivity index (χ4v) is 0.986. The second-order valence-corrected chi connectivity index (χ2v) is 2.54. The van der Waals surface area contributed by atoms with Crippen molar-refractivity contribution in [1.82, 2.24) is 0 Å². The normalized spacial score (nSPS) is 23.6. The van der Waals surface area contributed by atoms with Crippen LogP contribution in [0.4, 0.5) is 0 Å². The van der Waals surface area contributed by atoms with Crippen LogP contribution in [0.5, 0.6) is 0 Å². The molecule has 7 heteroatoms. The Morgan fingerprint density at radius 2 is 2.29 bits per heavy atom. The van der Waals surface area contributed by atoms with Gasteiger partial charge < -0.3 is 24.9 Å². The van der Waals surface area contributed by atoms with Crippen molar-refractivity contribution in [3.8, 4) is 0 Å². The molecule has 1 heterocycles. The van der Waals surface area contributed by atoms with Gasteiger partial charge in [0.15, 0.2) is 6.10 Å². The van der Waals surface area contributed by atoms with E-state index in [1.165, 1.54) is 0 Å². The van der Waals surface area contributed by atoms with E-state index in [9.17, 15) is 9.90 Å². The summed E-state index contributed by atoms with van der Waals surface area (Å²) < 4.78 is 4.51. The zero-order chi connectivity index (χ0) is 10.7. The number of ether oxygens (including phenoxy) is 1. The minimum Gasteiger partial charge on any atom is -0.499 e. The molecule has 0 saturated carbocycles. The fraction of sp³-hybridized carbons (Fsp3) is 0.571. The van der Waals surface area contributed by atoms with Gasteiger partial charge in [0.2, 0.25) is 11.5 Å². The minimum absolute atomic E-state index is 0.348. The molecule has 0 fully saturated rings. The number of hydrogen-bond acceptors (Lipinski definition) is 7. The highest BCUT2D eigenvalue weighted by Gasteiger charge is 2.41. The average Bonchev–Trinajstić information content (AvgIpc) is 2.45. The summed E-state index contributed by atoms with van der Waals surface area (Å²) in [5.41, 5.74) is 0. The Kier molecular flexibility index (Phi) is 3.28. The van der Waals surface area contributed by atoms with Gasteiger partial charge in [-0.25, -0.2) is 4.79 Å². The molecule has 0 radical (unpaired) electrons. The molecule has 0 aliphatic carbocycles. The second-order valence-electron chi connectivity index (χ2n) is 2.54. The van der Waals surface area contributed by atoms with Crippen LogP contribution in [0.3, 0.4) is 0 Å². The van der Waals surface area contributed by atoms with Crippen LogP contribution in [-0.4, -0.2) is 47.2 Å². The van der Waals surface area contributed by atoms with E-state index >= 15 is 0 Å². The SMILES string of the molecule is COOC1=C(O)C(=O)OC1C(O)CO. The summed E-state index contributed by atoms with van der Waals surface area (Å²) in [4.78, 5) is 19.5. The zero-order valence-electron chi connectivity index (χ0n) is 7.34. The van der Waals surface area contributed by atoms with E-state index in [0.29, 0.717) is 0 Å². The lowest BCUT2D eigenvalue weighted by atomic mass is 10.2. The molecular formula is C7H10O7. The lowest BCUT2D eigenvalue weighted by molar-refractivity contribution is -0.251. The van der Waals surface area contributed by atoms with E-state index in [1.807, 2.05) is 0 Å². The van der Waals surface area contributed by atoms with Gasteiger partial charge in [-0.05, 0) is 0 Å². The lowest BCUT2D eigenvalue weighted by Crippen LogP contribution is -2.32. The third kappa shape index (κ3) is 1.79. The molecule has 1 aliphatic heterocycles. The highest BCUT2D eigenvalue weighted by Crippen LogP contribution is 2.24. The first kappa shape index (κ1) is 10.8. The van der Waals surface area contributed by atoms with Crippen LogP contribution < -0.4 is 0 Å². The quantitative estimate of drug-likeness (QED) is 0.295. The van der Waals surface area contributed by atoms with E-state index in [1.54, 1.807) is 0 Å². The first-order valence-corrected chi connectivity index (χ1v) is 3.75. The van der Waals surface area contributed by atoms with Gasteiger partial charge >= 0.3 is 5.97 Å². The van der Waals surface area contributed by atoms with Gasteiger partial charge in [-0.3, -0.25) is 0 Å². The van der Waals surface area contributed by atoms with Crippen molar-refractivity contribution in [1.29, 1.82) is 0 Å². The smallest absolute Gasteiger partial charge is 0.378 e. The largest absolute Gasteiger partial charge is 0.499 e. The molecule has 80 valence electrons. The molecule has 1 rings (SSSR count). The molecule has 0 spiro atoms. The molecular weight excluding hydrogens is 196 g/mol. The monoisotopic (exact) mass is 206 g/mol. The highest BCUT2D eigenvalue weighted by molar-refractivity contribution is 5.89. The molecule has 1 aliphatic rings. The van der Waals surface area contributed by atoms with Gasteiger partial charge in [-0.1, -0.05) is 0 Å². The number of carbonyl (C=O) groups is 1. The summed E-state index contributed by atoms with van der Waals surface area (Å²) >= 11 is 0. The number of carbonyl (C=O) groups excluding carboxylic acids is 1. The minimum atomic E-state index is -1.37. The first-order valence-electron chi connectivity index (χ1n) is 3.75. The summed E-state index contributed by atoms with van der Waals surface area (Å²) in [6, 6.07) is 0. The number of aliphatic hydroxyl groups is 3. The summed E-state index contributed by atoms with van der Waals surface area (Å²) in [5, 5.41) is 26.9. The van der Waals surface area contributed by atoms with Crippen LogP contribution in [-0.2, 0) is 19.3 Å². The topological polar surface area (TPSA) is 105 Å². The molecule has 0 bridgehead atoms. The van der Waals surface area contributed by atoms with Gasteiger partial charge in [0, 0.05) is 0 Å². The van der Waals surface area contributed by atoms with Gasteiger partial charge in [0.1, 0.15) is 6.10 Å². The molecule has 7 nitrogen and oxygen atoms in total. The Morgan fingerprint density at radius 1 is 1.64 bits per heavy atom. The van der Waals surface area contributed by atoms with Crippen molar-refractivity contribution in [2.24, 2.45) is 0 Å². The number of hydrogen-bond donors (Lipinski definition) is 3. The number of cyclic esters (lactones) is 1. The zero-order valence-corrected chi connectivity index (χ0v) is 7.34. The van der Waals surface area contributed by atoms with Gasteiger partial charge in [-0.15, -0.1) is 0 Å². The van der Waals surface area contributed by atoms with Crippen molar-refractivity contribution >= 4 is 5.97 Å². The molecule has 2 atom stereocenters. The molecule has 0 saturated heterocycles. The maximum atomic E-state index is 10.8. The lowest BCUT2D eigenvalue weighted by Gasteiger charge is -2.16. The number of esters is 1. The van der Waals surface area contributed by atoms with Crippen LogP contribution in [0.15, 0.2) is 11.5 Å². The van der Waals surface area contributed by atoms with Gasteiger partial charge in [-0.2, -0.15) is 4.89 Å². The Bertz CT molecular complexity index is 259. The van der Waals surface area contributed by atoms with Crippen LogP contribution in [0.1, 0.15) is 0 Å². The van der Waals surface area contributed by atoms with Crippen LogP contribution in [0, 0.1) is 0 Å². The molecule has 2 unspecified atom stereocenters. The van der Waals surface area contributed by atoms with Crippen molar-refractivity contribution in [2.75, 3.05) is 13.7 Å². The Morgan fingerprint density at radius 3 is 2.79 bits per heavy atom. The summed E-state index contributed by atoms with van der Waals surface area (Å²) in [6.07, 6.45) is -2.61. The van der Waals surface area contributed by atoms with E-state index in [-0.39, 0.29) is 5.76 Å². The van der Waals surface area contributed by atoms with Crippen LogP contribution in [0.2, 0.25) is 0 Å². The van der Waals surface area contributed by atoms with E-state index in [4.69, 9.17) is 10.2 Å².